The molecule has 0 saturated heterocycles. The van der Waals surface area contributed by atoms with E-state index in [-0.39, 0.29) is 0 Å². The lowest BCUT2D eigenvalue weighted by molar-refractivity contribution is 0.195. The number of hydrogen-bond acceptors (Lipinski definition) is 2. The van der Waals surface area contributed by atoms with E-state index in [1.807, 2.05) is 30.3 Å². The highest BCUT2D eigenvalue weighted by Gasteiger charge is 2.09. The molecule has 1 radical (unpaired) electrons. The van der Waals surface area contributed by atoms with Gasteiger partial charge < -0.3 is 5.73 Å². The number of nitrogens with two attached hydrogens (primary N) is 1. The van der Waals surface area contributed by atoms with Gasteiger partial charge in [0.1, 0.15) is 0 Å². The van der Waals surface area contributed by atoms with Crippen LogP contribution in [0.4, 0.5) is 5.69 Å². The molecule has 2 heteroatoms. The number of nitrogen functional groups attached to an aromatic ring is 1. The van der Waals surface area contributed by atoms with Crippen molar-refractivity contribution >= 4 is 5.69 Å². The Morgan fingerprint density at radius 3 is 1.62 bits per heavy atom. The average Bonchev–Trinajstić information content (AvgIpc) is 2.19. The van der Waals surface area contributed by atoms with Gasteiger partial charge in [0.25, 0.3) is 0 Å². The fraction of sp³-hybridized carbons (Fsp3) is 0.500. The van der Waals surface area contributed by atoms with Crippen LogP contribution in [0.5, 0.6) is 0 Å². The molecule has 1 aromatic carbocycles. The minimum Gasteiger partial charge on any atom is -0.399 e. The van der Waals surface area contributed by atoms with Crippen LogP contribution in [0.25, 0.3) is 0 Å². The van der Waals surface area contributed by atoms with Crippen molar-refractivity contribution in [2.75, 3.05) is 12.3 Å². The van der Waals surface area contributed by atoms with Crippen molar-refractivity contribution in [3.8, 4) is 0 Å². The van der Waals surface area contributed by atoms with Gasteiger partial charge in [-0.1, -0.05) is 18.2 Å². The van der Waals surface area contributed by atoms with Crippen LogP contribution in [-0.4, -0.2) is 23.5 Å². The molecule has 0 aliphatic rings. The van der Waals surface area contributed by atoms with Gasteiger partial charge in [0.05, 0.1) is 0 Å². The van der Waals surface area contributed by atoms with Crippen molar-refractivity contribution in [3.05, 3.63) is 37.3 Å². The van der Waals surface area contributed by atoms with Gasteiger partial charge in [-0.3, -0.25) is 4.90 Å². The molecule has 2 N–H and O–H groups in total. The number of hydrogen-bond donors (Lipinski definition) is 1. The smallest absolute Gasteiger partial charge is 0.0313 e. The molecule has 0 atom stereocenters. The summed E-state index contributed by atoms with van der Waals surface area (Å²) in [5.41, 5.74) is 6.18. The Bertz CT molecular complexity index is 247. The van der Waals surface area contributed by atoms with Gasteiger partial charge in [-0.25, -0.2) is 0 Å². The Hall–Kier alpha value is -1.02. The summed E-state index contributed by atoms with van der Waals surface area (Å²) in [6.07, 6.45) is 0. The first-order valence-electron chi connectivity index (χ1n) is 5.84. The van der Waals surface area contributed by atoms with E-state index in [4.69, 9.17) is 5.73 Å². The molecule has 2 nitrogen and oxygen atoms in total. The molecular formula is C14H25N2. The van der Waals surface area contributed by atoms with E-state index in [1.54, 1.807) is 0 Å². The highest BCUT2D eigenvalue weighted by atomic mass is 15.2. The lowest BCUT2D eigenvalue weighted by atomic mass is 10.2. The average molecular weight is 221 g/mol. The quantitative estimate of drug-likeness (QED) is 0.794. The summed E-state index contributed by atoms with van der Waals surface area (Å²) >= 11 is 0. The molecule has 0 saturated carbocycles. The highest BCUT2D eigenvalue weighted by Crippen LogP contribution is 2.02. The second-order valence-corrected chi connectivity index (χ2v) is 4.34. The maximum Gasteiger partial charge on any atom is 0.0313 e. The predicted octanol–water partition coefficient (Wildman–Crippen LogP) is 3.21. The van der Waals surface area contributed by atoms with Crippen LogP contribution in [0, 0.1) is 6.92 Å². The zero-order chi connectivity index (χ0) is 12.6. The largest absolute Gasteiger partial charge is 0.399 e. The molecule has 1 rings (SSSR count). The molecule has 0 aliphatic heterocycles. The summed E-state index contributed by atoms with van der Waals surface area (Å²) in [6, 6.07) is 10.7. The lowest BCUT2D eigenvalue weighted by Crippen LogP contribution is -2.36. The van der Waals surface area contributed by atoms with Gasteiger partial charge in [0.15, 0.2) is 0 Å². The third kappa shape index (κ3) is 6.46. The summed E-state index contributed by atoms with van der Waals surface area (Å²) < 4.78 is 0. The maximum atomic E-state index is 5.36. The molecule has 0 amide bonds. The van der Waals surface area contributed by atoms with Crippen molar-refractivity contribution in [2.45, 2.75) is 39.8 Å². The zero-order valence-corrected chi connectivity index (χ0v) is 11.0. The summed E-state index contributed by atoms with van der Waals surface area (Å²) in [5.74, 6) is 0. The molecule has 0 unspecified atom stereocenters. The zero-order valence-electron chi connectivity index (χ0n) is 11.0. The Labute approximate surface area is 100 Å². The predicted molar refractivity (Wildman–Crippen MR) is 73.2 cm³/mol. The summed E-state index contributed by atoms with van der Waals surface area (Å²) in [5, 5.41) is 0. The van der Waals surface area contributed by atoms with Gasteiger partial charge in [0.2, 0.25) is 0 Å². The summed E-state index contributed by atoms with van der Waals surface area (Å²) in [4.78, 5) is 2.35. The number of para-hydroxylation sites is 1. The summed E-state index contributed by atoms with van der Waals surface area (Å²) in [6.45, 7) is 13.6. The number of nitrogens with zero attached hydrogens (tertiary/aromatic N) is 1. The Morgan fingerprint density at radius 1 is 1.06 bits per heavy atom. The Kier molecular flexibility index (Phi) is 7.65. The van der Waals surface area contributed by atoms with Crippen LogP contribution in [0.3, 0.4) is 0 Å². The summed E-state index contributed by atoms with van der Waals surface area (Å²) in [7, 11) is 0. The van der Waals surface area contributed by atoms with E-state index in [9.17, 15) is 0 Å². The first kappa shape index (κ1) is 15.0. The topological polar surface area (TPSA) is 29.3 Å². The number of benzene rings is 1. The van der Waals surface area contributed by atoms with Crippen molar-refractivity contribution < 1.29 is 0 Å². The van der Waals surface area contributed by atoms with Gasteiger partial charge in [-0.05, 0) is 53.3 Å². The SMILES string of the molecule is Nc1ccccc1.[CH2]CN(C(C)C)C(C)C. The van der Waals surface area contributed by atoms with E-state index in [1.165, 1.54) is 0 Å². The highest BCUT2D eigenvalue weighted by molar-refractivity contribution is 5.35. The van der Waals surface area contributed by atoms with Crippen molar-refractivity contribution in [3.63, 3.8) is 0 Å². The Morgan fingerprint density at radius 2 is 1.50 bits per heavy atom. The third-order valence-electron chi connectivity index (χ3n) is 2.38. The monoisotopic (exact) mass is 221 g/mol. The lowest BCUT2D eigenvalue weighted by Gasteiger charge is -2.28. The van der Waals surface area contributed by atoms with Crippen molar-refractivity contribution in [2.24, 2.45) is 0 Å². The standard InChI is InChI=1S/C8H18N.C6H7N/c1-6-9(7(2)3)8(4)5;7-6-4-2-1-3-5-6/h7-8H,1,6H2,2-5H3;1-5H,7H2. The van der Waals surface area contributed by atoms with Crippen LogP contribution in [-0.2, 0) is 0 Å². The van der Waals surface area contributed by atoms with Crippen LogP contribution in [0.2, 0.25) is 0 Å². The van der Waals surface area contributed by atoms with Crippen LogP contribution >= 0.6 is 0 Å². The minimum absolute atomic E-state index is 0.627. The molecule has 91 valence electrons. The van der Waals surface area contributed by atoms with Gasteiger partial charge in [-0.15, -0.1) is 0 Å². The van der Waals surface area contributed by atoms with Crippen LogP contribution < -0.4 is 5.73 Å². The normalized spacial score (nSPS) is 10.5. The molecule has 1 aromatic rings. The molecular weight excluding hydrogens is 196 g/mol. The van der Waals surface area contributed by atoms with Gasteiger partial charge in [-0.2, -0.15) is 0 Å². The molecule has 0 bridgehead atoms. The molecule has 0 spiro atoms. The molecule has 0 aromatic heterocycles. The van der Waals surface area contributed by atoms with Crippen molar-refractivity contribution in [1.82, 2.24) is 4.90 Å². The third-order valence-corrected chi connectivity index (χ3v) is 2.38. The first-order valence-corrected chi connectivity index (χ1v) is 5.84. The first-order chi connectivity index (χ1) is 7.49. The minimum atomic E-state index is 0.627. The van der Waals surface area contributed by atoms with E-state index in [2.05, 4.69) is 39.5 Å². The van der Waals surface area contributed by atoms with Crippen LogP contribution in [0.1, 0.15) is 27.7 Å². The van der Waals surface area contributed by atoms with Gasteiger partial charge in [0, 0.05) is 17.8 Å². The van der Waals surface area contributed by atoms with Crippen LogP contribution in [0.15, 0.2) is 30.3 Å². The number of anilines is 1. The van der Waals surface area contributed by atoms with E-state index < -0.39 is 0 Å². The molecule has 16 heavy (non-hydrogen) atoms. The van der Waals surface area contributed by atoms with Crippen molar-refractivity contribution in [1.29, 1.82) is 0 Å². The molecule has 0 heterocycles. The maximum absolute atomic E-state index is 5.36. The molecule has 0 aliphatic carbocycles. The Balaban J connectivity index is 0.000000288. The van der Waals surface area contributed by atoms with E-state index in [0.717, 1.165) is 12.2 Å². The second kappa shape index (κ2) is 8.17. The van der Waals surface area contributed by atoms with E-state index >= 15 is 0 Å². The van der Waals surface area contributed by atoms with E-state index in [0.29, 0.717) is 12.1 Å². The number of rotatable bonds is 3. The fourth-order valence-corrected chi connectivity index (χ4v) is 1.57. The fourth-order valence-electron chi connectivity index (χ4n) is 1.57. The second-order valence-electron chi connectivity index (χ2n) is 4.34. The van der Waals surface area contributed by atoms with Gasteiger partial charge >= 0.3 is 0 Å². The molecule has 0 fully saturated rings.